The minimum atomic E-state index is 0.742. The molecule has 3 aliphatic rings. The molecule has 0 N–H and O–H groups in total. The lowest BCUT2D eigenvalue weighted by Gasteiger charge is -2.59. The Kier molecular flexibility index (Phi) is 3.60. The summed E-state index contributed by atoms with van der Waals surface area (Å²) in [5.74, 6) is 0.828. The number of hydrogen-bond acceptors (Lipinski definition) is 2. The lowest BCUT2D eigenvalue weighted by molar-refractivity contribution is -0.0989. The summed E-state index contributed by atoms with van der Waals surface area (Å²) in [4.78, 5) is 5.44. The summed E-state index contributed by atoms with van der Waals surface area (Å²) in [5.41, 5.74) is 0. The van der Waals surface area contributed by atoms with Crippen molar-refractivity contribution in [1.82, 2.24) is 9.80 Å². The zero-order valence-electron chi connectivity index (χ0n) is 11.6. The van der Waals surface area contributed by atoms with Crippen LogP contribution in [0, 0.1) is 5.92 Å². The van der Waals surface area contributed by atoms with Gasteiger partial charge in [-0.25, -0.2) is 0 Å². The Morgan fingerprint density at radius 1 is 1.00 bits per heavy atom. The van der Waals surface area contributed by atoms with Gasteiger partial charge in [-0.05, 0) is 39.5 Å². The van der Waals surface area contributed by atoms with E-state index in [1.54, 1.807) is 0 Å². The maximum atomic E-state index is 2.72. The molecule has 2 bridgehead atoms. The zero-order chi connectivity index (χ0) is 11.9. The zero-order valence-corrected chi connectivity index (χ0v) is 11.6. The Bertz CT molecular complexity index is 225. The summed E-state index contributed by atoms with van der Waals surface area (Å²) < 4.78 is 0. The van der Waals surface area contributed by atoms with Gasteiger partial charge in [-0.15, -0.1) is 0 Å². The average molecular weight is 224 g/mol. The molecular weight excluding hydrogens is 196 g/mol. The van der Waals surface area contributed by atoms with Gasteiger partial charge in [-0.3, -0.25) is 9.80 Å². The van der Waals surface area contributed by atoms with E-state index in [4.69, 9.17) is 0 Å². The monoisotopic (exact) mass is 224 g/mol. The van der Waals surface area contributed by atoms with E-state index in [1.165, 1.54) is 25.9 Å². The Hall–Kier alpha value is -0.0800. The summed E-state index contributed by atoms with van der Waals surface area (Å²) in [6.07, 6.45) is 2.80. The number of hydrogen-bond donors (Lipinski definition) is 0. The van der Waals surface area contributed by atoms with Gasteiger partial charge in [-0.2, -0.15) is 0 Å². The van der Waals surface area contributed by atoms with Gasteiger partial charge in [0.15, 0.2) is 0 Å². The SMILES string of the molecule is CC(C)CC(C)N1CC2CC(C1)N2C(C)C. The molecule has 2 heteroatoms. The highest BCUT2D eigenvalue weighted by atomic mass is 15.4. The van der Waals surface area contributed by atoms with Crippen LogP contribution in [0.15, 0.2) is 0 Å². The minimum absolute atomic E-state index is 0.742. The van der Waals surface area contributed by atoms with Gasteiger partial charge >= 0.3 is 0 Å². The van der Waals surface area contributed by atoms with Crippen LogP contribution >= 0.6 is 0 Å². The molecule has 0 saturated carbocycles. The van der Waals surface area contributed by atoms with E-state index in [-0.39, 0.29) is 0 Å². The van der Waals surface area contributed by atoms with Crippen molar-refractivity contribution >= 4 is 0 Å². The van der Waals surface area contributed by atoms with Crippen LogP contribution < -0.4 is 0 Å². The molecule has 0 aromatic heterocycles. The molecule has 3 rings (SSSR count). The molecule has 3 saturated heterocycles. The molecule has 3 atom stereocenters. The van der Waals surface area contributed by atoms with E-state index < -0.39 is 0 Å². The van der Waals surface area contributed by atoms with E-state index in [0.717, 1.165) is 30.1 Å². The van der Waals surface area contributed by atoms with Gasteiger partial charge in [-0.1, -0.05) is 13.8 Å². The highest BCUT2D eigenvalue weighted by molar-refractivity contribution is 5.02. The molecular formula is C14H28N2. The van der Waals surface area contributed by atoms with E-state index in [9.17, 15) is 0 Å². The summed E-state index contributed by atoms with van der Waals surface area (Å²) in [6.45, 7) is 14.4. The fraction of sp³-hybridized carbons (Fsp3) is 1.00. The van der Waals surface area contributed by atoms with E-state index in [0.29, 0.717) is 0 Å². The maximum absolute atomic E-state index is 2.72. The van der Waals surface area contributed by atoms with Crippen molar-refractivity contribution in [3.05, 3.63) is 0 Å². The van der Waals surface area contributed by atoms with Crippen LogP contribution in [0.2, 0.25) is 0 Å². The van der Waals surface area contributed by atoms with Crippen LogP contribution in [0.25, 0.3) is 0 Å². The van der Waals surface area contributed by atoms with Crippen LogP contribution in [-0.2, 0) is 0 Å². The predicted octanol–water partition coefficient (Wildman–Crippen LogP) is 2.59. The highest BCUT2D eigenvalue weighted by Gasteiger charge is 2.46. The van der Waals surface area contributed by atoms with E-state index >= 15 is 0 Å². The van der Waals surface area contributed by atoms with Crippen LogP contribution in [0.3, 0.4) is 0 Å². The van der Waals surface area contributed by atoms with Crippen LogP contribution in [0.5, 0.6) is 0 Å². The first-order valence-corrected chi connectivity index (χ1v) is 7.00. The molecule has 94 valence electrons. The van der Waals surface area contributed by atoms with Gasteiger partial charge in [0.25, 0.3) is 0 Å². The number of rotatable bonds is 4. The second kappa shape index (κ2) is 4.66. The quantitative estimate of drug-likeness (QED) is 0.724. The highest BCUT2D eigenvalue weighted by Crippen LogP contribution is 2.35. The van der Waals surface area contributed by atoms with Gasteiger partial charge in [0, 0.05) is 37.3 Å². The average Bonchev–Trinajstić information content (AvgIpc) is 2.15. The van der Waals surface area contributed by atoms with Gasteiger partial charge in [0.2, 0.25) is 0 Å². The van der Waals surface area contributed by atoms with Crippen molar-refractivity contribution in [2.75, 3.05) is 13.1 Å². The van der Waals surface area contributed by atoms with Crippen LogP contribution in [0.4, 0.5) is 0 Å². The molecule has 3 unspecified atom stereocenters. The molecule has 0 aliphatic carbocycles. The molecule has 16 heavy (non-hydrogen) atoms. The number of fused-ring (bicyclic) bond motifs is 2. The standard InChI is InChI=1S/C14H28N2/c1-10(2)6-12(5)15-8-13-7-14(9-15)16(13)11(3)4/h10-14H,6-9H2,1-5H3. The molecule has 0 aromatic carbocycles. The summed E-state index contributed by atoms with van der Waals surface area (Å²) in [6, 6.07) is 3.23. The Morgan fingerprint density at radius 2 is 1.56 bits per heavy atom. The summed E-state index contributed by atoms with van der Waals surface area (Å²) >= 11 is 0. The number of piperidine rings is 1. The number of piperazine rings is 1. The summed E-state index contributed by atoms with van der Waals surface area (Å²) in [5, 5.41) is 0. The molecule has 3 heterocycles. The Balaban J connectivity index is 1.86. The second-order valence-electron chi connectivity index (χ2n) is 6.52. The van der Waals surface area contributed by atoms with Crippen molar-refractivity contribution in [1.29, 1.82) is 0 Å². The van der Waals surface area contributed by atoms with Crippen molar-refractivity contribution in [3.8, 4) is 0 Å². The lowest BCUT2D eigenvalue weighted by atomic mass is 9.84. The lowest BCUT2D eigenvalue weighted by Crippen LogP contribution is -2.71. The third-order valence-corrected chi connectivity index (χ3v) is 4.31. The van der Waals surface area contributed by atoms with Crippen LogP contribution in [-0.4, -0.2) is 47.1 Å². The predicted molar refractivity (Wildman–Crippen MR) is 69.7 cm³/mol. The third-order valence-electron chi connectivity index (χ3n) is 4.31. The fourth-order valence-corrected chi connectivity index (χ4v) is 3.71. The first-order chi connectivity index (χ1) is 7.49. The van der Waals surface area contributed by atoms with Crippen molar-refractivity contribution in [2.24, 2.45) is 5.92 Å². The second-order valence-corrected chi connectivity index (χ2v) is 6.52. The Labute approximate surface area is 101 Å². The smallest absolute Gasteiger partial charge is 0.0244 e. The molecule has 0 aromatic rings. The number of nitrogens with zero attached hydrogens (tertiary/aromatic N) is 2. The van der Waals surface area contributed by atoms with Crippen molar-refractivity contribution in [3.63, 3.8) is 0 Å². The molecule has 3 aliphatic heterocycles. The van der Waals surface area contributed by atoms with Crippen LogP contribution in [0.1, 0.15) is 47.5 Å². The first-order valence-electron chi connectivity index (χ1n) is 7.00. The van der Waals surface area contributed by atoms with E-state index in [1.807, 2.05) is 0 Å². The van der Waals surface area contributed by atoms with Gasteiger partial charge in [0.1, 0.15) is 0 Å². The fourth-order valence-electron chi connectivity index (χ4n) is 3.71. The van der Waals surface area contributed by atoms with Gasteiger partial charge in [0.05, 0.1) is 0 Å². The van der Waals surface area contributed by atoms with Crippen molar-refractivity contribution in [2.45, 2.75) is 71.6 Å². The third kappa shape index (κ3) is 2.28. The molecule has 2 nitrogen and oxygen atoms in total. The topological polar surface area (TPSA) is 6.48 Å². The Morgan fingerprint density at radius 3 is 2.00 bits per heavy atom. The molecule has 3 fully saturated rings. The summed E-state index contributed by atoms with van der Waals surface area (Å²) in [7, 11) is 0. The first kappa shape index (κ1) is 12.4. The minimum Gasteiger partial charge on any atom is -0.298 e. The molecule has 0 radical (unpaired) electrons. The normalized spacial score (nSPS) is 33.2. The van der Waals surface area contributed by atoms with Crippen molar-refractivity contribution < 1.29 is 0 Å². The molecule has 0 spiro atoms. The van der Waals surface area contributed by atoms with Gasteiger partial charge < -0.3 is 0 Å². The maximum Gasteiger partial charge on any atom is 0.0244 e. The largest absolute Gasteiger partial charge is 0.298 e. The molecule has 0 amide bonds. The van der Waals surface area contributed by atoms with E-state index in [2.05, 4.69) is 44.4 Å².